The highest BCUT2D eigenvalue weighted by Gasteiger charge is 2.03. The van der Waals surface area contributed by atoms with E-state index in [4.69, 9.17) is 5.14 Å². The molecule has 0 radical (unpaired) electrons. The summed E-state index contributed by atoms with van der Waals surface area (Å²) >= 11 is 0. The molecule has 0 spiro atoms. The Balaban J connectivity index is 1.85. The van der Waals surface area contributed by atoms with Crippen molar-refractivity contribution in [1.29, 1.82) is 0 Å². The van der Waals surface area contributed by atoms with Gasteiger partial charge in [0.25, 0.3) is 0 Å². The molecule has 2 rings (SSSR count). The minimum Gasteiger partial charge on any atom is -0.361 e. The van der Waals surface area contributed by atoms with E-state index in [0.29, 0.717) is 19.5 Å². The number of aromatic amines is 1. The lowest BCUT2D eigenvalue weighted by atomic mass is 10.1. The number of rotatable bonds is 6. The SMILES string of the molecule is NS(=O)(=O)CCCNCc1cccc2cc[nH]c12. The highest BCUT2D eigenvalue weighted by molar-refractivity contribution is 7.89. The second-order valence-electron chi connectivity index (χ2n) is 4.26. The maximum absolute atomic E-state index is 10.7. The summed E-state index contributed by atoms with van der Waals surface area (Å²) in [6.07, 6.45) is 2.44. The molecule has 0 fully saturated rings. The van der Waals surface area contributed by atoms with E-state index in [2.05, 4.69) is 16.4 Å². The molecule has 1 heterocycles. The molecule has 0 saturated heterocycles. The van der Waals surface area contributed by atoms with Crippen LogP contribution in [0, 0.1) is 0 Å². The summed E-state index contributed by atoms with van der Waals surface area (Å²) in [6.45, 7) is 1.34. The fourth-order valence-electron chi connectivity index (χ4n) is 1.92. The van der Waals surface area contributed by atoms with Gasteiger partial charge in [0.2, 0.25) is 10.0 Å². The van der Waals surface area contributed by atoms with E-state index < -0.39 is 10.0 Å². The van der Waals surface area contributed by atoms with Crippen LogP contribution in [0.4, 0.5) is 0 Å². The van der Waals surface area contributed by atoms with E-state index in [1.54, 1.807) is 0 Å². The van der Waals surface area contributed by atoms with Crippen LogP contribution in [0.25, 0.3) is 10.9 Å². The molecule has 0 amide bonds. The average molecular weight is 267 g/mol. The predicted octanol–water partition coefficient (Wildman–Crippen LogP) is 0.936. The Kier molecular flexibility index (Phi) is 4.00. The normalized spacial score (nSPS) is 12.1. The van der Waals surface area contributed by atoms with Gasteiger partial charge in [-0.2, -0.15) is 0 Å². The van der Waals surface area contributed by atoms with Crippen molar-refractivity contribution in [2.45, 2.75) is 13.0 Å². The molecule has 18 heavy (non-hydrogen) atoms. The quantitative estimate of drug-likeness (QED) is 0.680. The standard InChI is InChI=1S/C12H17N3O2S/c13-18(16,17)8-2-6-14-9-11-4-1-3-10-5-7-15-12(10)11/h1,3-5,7,14-15H,2,6,8-9H2,(H2,13,16,17). The second kappa shape index (κ2) is 5.51. The van der Waals surface area contributed by atoms with Gasteiger partial charge in [0.05, 0.1) is 5.75 Å². The van der Waals surface area contributed by atoms with E-state index in [0.717, 1.165) is 5.52 Å². The third-order valence-electron chi connectivity index (χ3n) is 2.77. The molecular weight excluding hydrogens is 250 g/mol. The van der Waals surface area contributed by atoms with Gasteiger partial charge in [-0.15, -0.1) is 0 Å². The Morgan fingerprint density at radius 3 is 2.89 bits per heavy atom. The Morgan fingerprint density at radius 2 is 2.11 bits per heavy atom. The molecule has 0 unspecified atom stereocenters. The third kappa shape index (κ3) is 3.56. The summed E-state index contributed by atoms with van der Waals surface area (Å²) in [6, 6.07) is 8.14. The monoisotopic (exact) mass is 267 g/mol. The van der Waals surface area contributed by atoms with Gasteiger partial charge in [-0.3, -0.25) is 0 Å². The van der Waals surface area contributed by atoms with Crippen LogP contribution in [-0.2, 0) is 16.6 Å². The van der Waals surface area contributed by atoms with Gasteiger partial charge in [0.1, 0.15) is 0 Å². The second-order valence-corrected chi connectivity index (χ2v) is 5.99. The van der Waals surface area contributed by atoms with Gasteiger partial charge in [0.15, 0.2) is 0 Å². The van der Waals surface area contributed by atoms with Crippen LogP contribution >= 0.6 is 0 Å². The van der Waals surface area contributed by atoms with Crippen molar-refractivity contribution < 1.29 is 8.42 Å². The number of nitrogens with two attached hydrogens (primary N) is 1. The van der Waals surface area contributed by atoms with Gasteiger partial charge in [0, 0.05) is 18.3 Å². The van der Waals surface area contributed by atoms with E-state index in [-0.39, 0.29) is 5.75 Å². The number of para-hydroxylation sites is 1. The number of aromatic nitrogens is 1. The molecule has 1 aromatic carbocycles. The predicted molar refractivity (Wildman–Crippen MR) is 72.6 cm³/mol. The fraction of sp³-hybridized carbons (Fsp3) is 0.333. The minimum absolute atomic E-state index is 0.0205. The lowest BCUT2D eigenvalue weighted by molar-refractivity contribution is 0.590. The summed E-state index contributed by atoms with van der Waals surface area (Å²) in [5.74, 6) is 0.0205. The topological polar surface area (TPSA) is 88.0 Å². The zero-order valence-corrected chi connectivity index (χ0v) is 10.8. The van der Waals surface area contributed by atoms with E-state index >= 15 is 0 Å². The Bertz CT molecular complexity index is 619. The van der Waals surface area contributed by atoms with Crippen LogP contribution in [-0.4, -0.2) is 25.7 Å². The van der Waals surface area contributed by atoms with E-state index in [1.807, 2.05) is 24.4 Å². The summed E-state index contributed by atoms with van der Waals surface area (Å²) in [7, 11) is -3.34. The fourth-order valence-corrected chi connectivity index (χ4v) is 2.47. The van der Waals surface area contributed by atoms with Crippen molar-refractivity contribution in [2.24, 2.45) is 5.14 Å². The molecule has 0 aliphatic carbocycles. The molecule has 2 aromatic rings. The smallest absolute Gasteiger partial charge is 0.209 e. The molecule has 0 saturated carbocycles. The van der Waals surface area contributed by atoms with Crippen LogP contribution in [0.2, 0.25) is 0 Å². The molecule has 1 aromatic heterocycles. The van der Waals surface area contributed by atoms with Crippen molar-refractivity contribution in [3.05, 3.63) is 36.0 Å². The average Bonchev–Trinajstić information content (AvgIpc) is 2.75. The number of sulfonamides is 1. The molecule has 6 heteroatoms. The highest BCUT2D eigenvalue weighted by Crippen LogP contribution is 2.16. The molecule has 4 N–H and O–H groups in total. The zero-order valence-electron chi connectivity index (χ0n) is 10.0. The maximum Gasteiger partial charge on any atom is 0.209 e. The number of benzene rings is 1. The molecule has 5 nitrogen and oxygen atoms in total. The van der Waals surface area contributed by atoms with Gasteiger partial charge in [-0.1, -0.05) is 18.2 Å². The summed E-state index contributed by atoms with van der Waals surface area (Å²) in [4.78, 5) is 3.20. The number of nitrogens with one attached hydrogen (secondary N) is 2. The Morgan fingerprint density at radius 1 is 1.28 bits per heavy atom. The lowest BCUT2D eigenvalue weighted by Crippen LogP contribution is -2.22. The number of primary sulfonamides is 1. The Labute approximate surface area is 106 Å². The van der Waals surface area contributed by atoms with Crippen molar-refractivity contribution in [2.75, 3.05) is 12.3 Å². The van der Waals surface area contributed by atoms with E-state index in [1.165, 1.54) is 10.9 Å². The van der Waals surface area contributed by atoms with Crippen molar-refractivity contribution >= 4 is 20.9 Å². The van der Waals surface area contributed by atoms with Gasteiger partial charge in [-0.05, 0) is 30.0 Å². The lowest BCUT2D eigenvalue weighted by Gasteiger charge is -2.05. The first-order chi connectivity index (χ1) is 8.56. The first-order valence-corrected chi connectivity index (χ1v) is 7.54. The number of H-pyrrole nitrogens is 1. The van der Waals surface area contributed by atoms with Crippen LogP contribution in [0.15, 0.2) is 30.5 Å². The van der Waals surface area contributed by atoms with Crippen LogP contribution in [0.5, 0.6) is 0 Å². The molecular formula is C12H17N3O2S. The largest absolute Gasteiger partial charge is 0.361 e. The van der Waals surface area contributed by atoms with Crippen molar-refractivity contribution in [1.82, 2.24) is 10.3 Å². The van der Waals surface area contributed by atoms with Crippen LogP contribution in [0.3, 0.4) is 0 Å². The van der Waals surface area contributed by atoms with Crippen LogP contribution < -0.4 is 10.5 Å². The zero-order chi connectivity index (χ0) is 13.0. The number of fused-ring (bicyclic) bond motifs is 1. The van der Waals surface area contributed by atoms with Gasteiger partial charge >= 0.3 is 0 Å². The summed E-state index contributed by atoms with van der Waals surface area (Å²) in [5.41, 5.74) is 2.30. The minimum atomic E-state index is -3.34. The van der Waals surface area contributed by atoms with Crippen molar-refractivity contribution in [3.63, 3.8) is 0 Å². The maximum atomic E-state index is 10.7. The highest BCUT2D eigenvalue weighted by atomic mass is 32.2. The summed E-state index contributed by atoms with van der Waals surface area (Å²) in [5, 5.41) is 9.32. The molecule has 0 aliphatic heterocycles. The van der Waals surface area contributed by atoms with Gasteiger partial charge < -0.3 is 10.3 Å². The molecule has 0 aliphatic rings. The molecule has 0 bridgehead atoms. The van der Waals surface area contributed by atoms with E-state index in [9.17, 15) is 8.42 Å². The Hall–Kier alpha value is -1.37. The summed E-state index contributed by atoms with van der Waals surface area (Å²) < 4.78 is 21.5. The number of hydrogen-bond donors (Lipinski definition) is 3. The first kappa shape index (κ1) is 13.1. The van der Waals surface area contributed by atoms with Crippen LogP contribution in [0.1, 0.15) is 12.0 Å². The first-order valence-electron chi connectivity index (χ1n) is 5.82. The molecule has 98 valence electrons. The van der Waals surface area contributed by atoms with Crippen molar-refractivity contribution in [3.8, 4) is 0 Å². The number of hydrogen-bond acceptors (Lipinski definition) is 3. The van der Waals surface area contributed by atoms with Gasteiger partial charge in [-0.25, -0.2) is 13.6 Å². The molecule has 0 atom stereocenters. The third-order valence-corrected chi connectivity index (χ3v) is 3.63.